The second kappa shape index (κ2) is 7.59. The molecule has 0 aliphatic carbocycles. The van der Waals surface area contributed by atoms with Crippen LogP contribution >= 0.6 is 11.6 Å². The minimum atomic E-state index is -3.47. The van der Waals surface area contributed by atoms with Gasteiger partial charge in [-0.05, 0) is 43.2 Å². The number of hydrogen-bond donors (Lipinski definition) is 1. The predicted octanol–water partition coefficient (Wildman–Crippen LogP) is 3.66. The van der Waals surface area contributed by atoms with Crippen LogP contribution in [0.15, 0.2) is 41.4 Å². The van der Waals surface area contributed by atoms with Crippen molar-refractivity contribution in [1.82, 2.24) is 9.29 Å². The van der Waals surface area contributed by atoms with Gasteiger partial charge in [0.1, 0.15) is 16.5 Å². The van der Waals surface area contributed by atoms with E-state index in [4.69, 9.17) is 16.3 Å². The van der Waals surface area contributed by atoms with Crippen LogP contribution in [0.1, 0.15) is 19.3 Å². The van der Waals surface area contributed by atoms with Gasteiger partial charge in [-0.15, -0.1) is 0 Å². The van der Waals surface area contributed by atoms with Crippen LogP contribution in [0, 0.1) is 0 Å². The van der Waals surface area contributed by atoms with Crippen LogP contribution < -0.4 is 10.1 Å². The van der Waals surface area contributed by atoms with Gasteiger partial charge < -0.3 is 10.1 Å². The van der Waals surface area contributed by atoms with Crippen LogP contribution in [0.25, 0.3) is 0 Å². The number of pyridine rings is 1. The number of benzene rings is 1. The molecule has 0 amide bonds. The summed E-state index contributed by atoms with van der Waals surface area (Å²) in [4.78, 5) is 4.43. The molecule has 1 aromatic carbocycles. The first kappa shape index (κ1) is 18.0. The third kappa shape index (κ3) is 4.05. The summed E-state index contributed by atoms with van der Waals surface area (Å²) < 4.78 is 32.1. The highest BCUT2D eigenvalue weighted by Gasteiger charge is 2.26. The largest absolute Gasteiger partial charge is 0.495 e. The number of halogens is 1. The fourth-order valence-corrected chi connectivity index (χ4v) is 4.41. The molecule has 0 bridgehead atoms. The summed E-state index contributed by atoms with van der Waals surface area (Å²) in [6.07, 6.45) is 4.26. The Morgan fingerprint density at radius 1 is 1.16 bits per heavy atom. The number of ether oxygens (including phenoxy) is 1. The van der Waals surface area contributed by atoms with E-state index in [-0.39, 0.29) is 4.90 Å². The van der Waals surface area contributed by atoms with Crippen molar-refractivity contribution in [3.05, 3.63) is 41.6 Å². The highest BCUT2D eigenvalue weighted by molar-refractivity contribution is 7.89. The van der Waals surface area contributed by atoms with Crippen LogP contribution in [-0.4, -0.2) is 37.9 Å². The zero-order chi connectivity index (χ0) is 17.9. The molecule has 8 heteroatoms. The molecule has 1 fully saturated rings. The lowest BCUT2D eigenvalue weighted by Gasteiger charge is -2.25. The Bertz CT molecular complexity index is 835. The molecule has 2 heterocycles. The van der Waals surface area contributed by atoms with E-state index in [1.54, 1.807) is 37.4 Å². The number of sulfonamides is 1. The van der Waals surface area contributed by atoms with E-state index in [1.807, 2.05) is 0 Å². The van der Waals surface area contributed by atoms with Crippen molar-refractivity contribution in [2.24, 2.45) is 0 Å². The first-order valence-electron chi connectivity index (χ1n) is 8.07. The Kier molecular flexibility index (Phi) is 5.46. The Morgan fingerprint density at radius 3 is 2.56 bits per heavy atom. The summed E-state index contributed by atoms with van der Waals surface area (Å²) in [7, 11) is -1.91. The van der Waals surface area contributed by atoms with Crippen molar-refractivity contribution < 1.29 is 13.2 Å². The summed E-state index contributed by atoms with van der Waals surface area (Å²) >= 11 is 6.01. The summed E-state index contributed by atoms with van der Waals surface area (Å²) in [5.74, 6) is 1.13. The summed E-state index contributed by atoms with van der Waals surface area (Å²) in [6.45, 7) is 1.14. The summed E-state index contributed by atoms with van der Waals surface area (Å²) in [6, 6.07) is 8.40. The van der Waals surface area contributed by atoms with Crippen LogP contribution in [0.5, 0.6) is 5.75 Å². The van der Waals surface area contributed by atoms with Crippen molar-refractivity contribution >= 4 is 33.1 Å². The molecular formula is C17H20ClN3O3S. The SMILES string of the molecule is COc1ccc(Cl)cc1Nc1ccc(S(=O)(=O)N2CCCCC2)cn1. The molecule has 25 heavy (non-hydrogen) atoms. The van der Waals surface area contributed by atoms with E-state index in [9.17, 15) is 8.42 Å². The van der Waals surface area contributed by atoms with E-state index >= 15 is 0 Å². The number of hydrogen-bond acceptors (Lipinski definition) is 5. The van der Waals surface area contributed by atoms with Gasteiger partial charge in [0.05, 0.1) is 12.8 Å². The molecule has 1 N–H and O–H groups in total. The Balaban J connectivity index is 1.80. The fraction of sp³-hybridized carbons (Fsp3) is 0.353. The standard InChI is InChI=1S/C17H20ClN3O3S/c1-24-16-7-5-13(18)11-15(16)20-17-8-6-14(12-19-17)25(22,23)21-9-3-2-4-10-21/h5-8,11-12H,2-4,9-10H2,1H3,(H,19,20). The molecule has 0 saturated carbocycles. The van der Waals surface area contributed by atoms with Crippen molar-refractivity contribution in [2.45, 2.75) is 24.2 Å². The second-order valence-electron chi connectivity index (χ2n) is 5.81. The van der Waals surface area contributed by atoms with Crippen LogP contribution in [0.4, 0.5) is 11.5 Å². The predicted molar refractivity (Wildman–Crippen MR) is 98.1 cm³/mol. The van der Waals surface area contributed by atoms with E-state index in [0.29, 0.717) is 35.4 Å². The maximum Gasteiger partial charge on any atom is 0.244 e. The first-order chi connectivity index (χ1) is 12.0. The molecule has 3 rings (SSSR count). The normalized spacial score (nSPS) is 15.8. The van der Waals surface area contributed by atoms with Gasteiger partial charge in [0.15, 0.2) is 0 Å². The van der Waals surface area contributed by atoms with Gasteiger partial charge in [-0.2, -0.15) is 4.31 Å². The minimum absolute atomic E-state index is 0.206. The number of piperidine rings is 1. The van der Waals surface area contributed by atoms with Gasteiger partial charge in [-0.1, -0.05) is 18.0 Å². The van der Waals surface area contributed by atoms with Crippen molar-refractivity contribution in [3.63, 3.8) is 0 Å². The summed E-state index contributed by atoms with van der Waals surface area (Å²) in [5.41, 5.74) is 0.661. The molecule has 134 valence electrons. The van der Waals surface area contributed by atoms with Gasteiger partial charge in [0.2, 0.25) is 10.0 Å². The molecule has 1 aliphatic rings. The van der Waals surface area contributed by atoms with Crippen LogP contribution in [0.3, 0.4) is 0 Å². The third-order valence-electron chi connectivity index (χ3n) is 4.11. The topological polar surface area (TPSA) is 71.5 Å². The molecule has 0 spiro atoms. The van der Waals surface area contributed by atoms with Crippen LogP contribution in [-0.2, 0) is 10.0 Å². The lowest BCUT2D eigenvalue weighted by atomic mass is 10.2. The van der Waals surface area contributed by atoms with Gasteiger partial charge >= 0.3 is 0 Å². The number of nitrogens with one attached hydrogen (secondary N) is 1. The van der Waals surface area contributed by atoms with E-state index in [0.717, 1.165) is 19.3 Å². The number of aromatic nitrogens is 1. The third-order valence-corrected chi connectivity index (χ3v) is 6.23. The lowest BCUT2D eigenvalue weighted by molar-refractivity contribution is 0.346. The maximum atomic E-state index is 12.6. The smallest absolute Gasteiger partial charge is 0.244 e. The van der Waals surface area contributed by atoms with Crippen LogP contribution in [0.2, 0.25) is 5.02 Å². The monoisotopic (exact) mass is 381 g/mol. The van der Waals surface area contributed by atoms with Crippen molar-refractivity contribution in [2.75, 3.05) is 25.5 Å². The quantitative estimate of drug-likeness (QED) is 0.855. The molecule has 0 unspecified atom stereocenters. The second-order valence-corrected chi connectivity index (χ2v) is 8.19. The van der Waals surface area contributed by atoms with Gasteiger partial charge in [-0.25, -0.2) is 13.4 Å². The van der Waals surface area contributed by atoms with Gasteiger partial charge in [0, 0.05) is 24.3 Å². The molecule has 1 aliphatic heterocycles. The zero-order valence-corrected chi connectivity index (χ0v) is 15.5. The zero-order valence-electron chi connectivity index (χ0n) is 13.9. The first-order valence-corrected chi connectivity index (χ1v) is 9.89. The highest BCUT2D eigenvalue weighted by Crippen LogP contribution is 2.30. The molecule has 1 aromatic heterocycles. The van der Waals surface area contributed by atoms with E-state index < -0.39 is 10.0 Å². The molecule has 1 saturated heterocycles. The molecule has 0 radical (unpaired) electrons. The summed E-state index contributed by atoms with van der Waals surface area (Å²) in [5, 5.41) is 3.66. The molecule has 0 atom stereocenters. The molecular weight excluding hydrogens is 362 g/mol. The average Bonchev–Trinajstić information content (AvgIpc) is 2.63. The Morgan fingerprint density at radius 2 is 1.92 bits per heavy atom. The van der Waals surface area contributed by atoms with Gasteiger partial charge in [0.25, 0.3) is 0 Å². The molecule has 6 nitrogen and oxygen atoms in total. The number of anilines is 2. The average molecular weight is 382 g/mol. The molecule has 2 aromatic rings. The fourth-order valence-electron chi connectivity index (χ4n) is 2.78. The van der Waals surface area contributed by atoms with E-state index in [1.165, 1.54) is 10.5 Å². The van der Waals surface area contributed by atoms with Gasteiger partial charge in [-0.3, -0.25) is 0 Å². The van der Waals surface area contributed by atoms with Crippen molar-refractivity contribution in [3.8, 4) is 5.75 Å². The highest BCUT2D eigenvalue weighted by atomic mass is 35.5. The van der Waals surface area contributed by atoms with E-state index in [2.05, 4.69) is 10.3 Å². The van der Waals surface area contributed by atoms with Crippen molar-refractivity contribution in [1.29, 1.82) is 0 Å². The maximum absolute atomic E-state index is 12.6. The Hall–Kier alpha value is -1.83. The Labute approximate surface area is 152 Å². The number of rotatable bonds is 5. The number of nitrogens with zero attached hydrogens (tertiary/aromatic N) is 2. The number of methoxy groups -OCH3 is 1. The minimum Gasteiger partial charge on any atom is -0.495 e. The lowest BCUT2D eigenvalue weighted by Crippen LogP contribution is -2.35.